The van der Waals surface area contributed by atoms with Crippen LogP contribution in [0.2, 0.25) is 0 Å². The number of carbonyl (C=O) groups is 1. The SMILES string of the molecule is CCO[C@@H]1OC(=O)C[C@@H]1Cc1ccccc1. The first-order valence-electron chi connectivity index (χ1n) is 5.64. The molecule has 2 rings (SSSR count). The molecular weight excluding hydrogens is 204 g/mol. The highest BCUT2D eigenvalue weighted by Gasteiger charge is 2.35. The van der Waals surface area contributed by atoms with Crippen LogP contribution in [0.1, 0.15) is 18.9 Å². The summed E-state index contributed by atoms with van der Waals surface area (Å²) in [6.45, 7) is 2.48. The Morgan fingerprint density at radius 2 is 2.12 bits per heavy atom. The third kappa shape index (κ3) is 2.61. The van der Waals surface area contributed by atoms with E-state index in [2.05, 4.69) is 12.1 Å². The number of hydrogen-bond acceptors (Lipinski definition) is 3. The average molecular weight is 220 g/mol. The molecule has 0 spiro atoms. The zero-order valence-corrected chi connectivity index (χ0v) is 9.39. The third-order valence-electron chi connectivity index (χ3n) is 2.73. The average Bonchev–Trinajstić information content (AvgIpc) is 2.61. The lowest BCUT2D eigenvalue weighted by Crippen LogP contribution is -2.21. The molecule has 0 unspecified atom stereocenters. The van der Waals surface area contributed by atoms with Gasteiger partial charge in [0.25, 0.3) is 0 Å². The van der Waals surface area contributed by atoms with Crippen LogP contribution in [0.3, 0.4) is 0 Å². The molecule has 0 bridgehead atoms. The first-order valence-corrected chi connectivity index (χ1v) is 5.64. The first kappa shape index (κ1) is 11.1. The summed E-state index contributed by atoms with van der Waals surface area (Å²) < 4.78 is 10.5. The van der Waals surface area contributed by atoms with Crippen molar-refractivity contribution in [3.8, 4) is 0 Å². The largest absolute Gasteiger partial charge is 0.435 e. The van der Waals surface area contributed by atoms with E-state index < -0.39 is 0 Å². The van der Waals surface area contributed by atoms with Gasteiger partial charge in [0.1, 0.15) is 0 Å². The Bertz CT molecular complexity index is 347. The van der Waals surface area contributed by atoms with Gasteiger partial charge in [0.05, 0.1) is 6.42 Å². The van der Waals surface area contributed by atoms with Crippen LogP contribution in [0.4, 0.5) is 0 Å². The van der Waals surface area contributed by atoms with E-state index in [1.165, 1.54) is 5.56 Å². The van der Waals surface area contributed by atoms with Crippen molar-refractivity contribution in [1.29, 1.82) is 0 Å². The van der Waals surface area contributed by atoms with Gasteiger partial charge in [-0.05, 0) is 18.9 Å². The topological polar surface area (TPSA) is 35.5 Å². The van der Waals surface area contributed by atoms with Crippen LogP contribution in [0.25, 0.3) is 0 Å². The lowest BCUT2D eigenvalue weighted by atomic mass is 9.97. The number of esters is 1. The highest BCUT2D eigenvalue weighted by Crippen LogP contribution is 2.26. The molecule has 0 aromatic heterocycles. The summed E-state index contributed by atoms with van der Waals surface area (Å²) >= 11 is 0. The summed E-state index contributed by atoms with van der Waals surface area (Å²) in [5.41, 5.74) is 1.22. The minimum atomic E-state index is -0.363. The normalized spacial score (nSPS) is 24.4. The lowest BCUT2D eigenvalue weighted by molar-refractivity contribution is -0.166. The molecule has 0 radical (unpaired) electrons. The second-order valence-corrected chi connectivity index (χ2v) is 3.97. The standard InChI is InChI=1S/C13H16O3/c1-2-15-13-11(9-12(14)16-13)8-10-6-4-3-5-7-10/h3-7,11,13H,2,8-9H2,1H3/t11-,13+/m0/s1. The van der Waals surface area contributed by atoms with E-state index in [1.54, 1.807) is 0 Å². The summed E-state index contributed by atoms with van der Waals surface area (Å²) in [4.78, 5) is 11.2. The van der Waals surface area contributed by atoms with Crippen LogP contribution in [-0.2, 0) is 20.7 Å². The molecular formula is C13H16O3. The molecule has 0 amide bonds. The number of carbonyl (C=O) groups excluding carboxylic acids is 1. The van der Waals surface area contributed by atoms with Crippen molar-refractivity contribution in [3.05, 3.63) is 35.9 Å². The molecule has 1 aromatic carbocycles. The van der Waals surface area contributed by atoms with E-state index in [0.29, 0.717) is 13.0 Å². The van der Waals surface area contributed by atoms with Gasteiger partial charge in [-0.3, -0.25) is 4.79 Å². The molecule has 1 saturated heterocycles. The summed E-state index contributed by atoms with van der Waals surface area (Å²) in [5.74, 6) is -0.00534. The molecule has 3 nitrogen and oxygen atoms in total. The van der Waals surface area contributed by atoms with Gasteiger partial charge < -0.3 is 9.47 Å². The number of hydrogen-bond donors (Lipinski definition) is 0. The number of cyclic esters (lactones) is 1. The van der Waals surface area contributed by atoms with Gasteiger partial charge in [-0.1, -0.05) is 30.3 Å². The minimum absolute atomic E-state index is 0.148. The molecule has 1 heterocycles. The van der Waals surface area contributed by atoms with Crippen molar-refractivity contribution < 1.29 is 14.3 Å². The fourth-order valence-corrected chi connectivity index (χ4v) is 2.00. The summed E-state index contributed by atoms with van der Waals surface area (Å²) in [5, 5.41) is 0. The van der Waals surface area contributed by atoms with Crippen molar-refractivity contribution in [2.24, 2.45) is 5.92 Å². The smallest absolute Gasteiger partial charge is 0.308 e. The summed E-state index contributed by atoms with van der Waals surface area (Å²) in [6, 6.07) is 10.1. The van der Waals surface area contributed by atoms with Gasteiger partial charge in [-0.15, -0.1) is 0 Å². The Hall–Kier alpha value is -1.35. The Morgan fingerprint density at radius 1 is 1.38 bits per heavy atom. The van der Waals surface area contributed by atoms with E-state index in [4.69, 9.17) is 9.47 Å². The Labute approximate surface area is 95.4 Å². The molecule has 1 fully saturated rings. The van der Waals surface area contributed by atoms with E-state index in [0.717, 1.165) is 6.42 Å². The van der Waals surface area contributed by atoms with E-state index >= 15 is 0 Å². The maximum absolute atomic E-state index is 11.2. The molecule has 0 aliphatic carbocycles. The molecule has 86 valence electrons. The van der Waals surface area contributed by atoms with Gasteiger partial charge in [0.2, 0.25) is 6.29 Å². The van der Waals surface area contributed by atoms with Crippen molar-refractivity contribution in [3.63, 3.8) is 0 Å². The number of benzene rings is 1. The van der Waals surface area contributed by atoms with Crippen LogP contribution in [-0.4, -0.2) is 18.9 Å². The molecule has 16 heavy (non-hydrogen) atoms. The van der Waals surface area contributed by atoms with Crippen LogP contribution >= 0.6 is 0 Å². The minimum Gasteiger partial charge on any atom is -0.435 e. The predicted octanol–water partition coefficient (Wildman–Crippen LogP) is 2.15. The second-order valence-electron chi connectivity index (χ2n) is 3.97. The molecule has 1 aliphatic heterocycles. The van der Waals surface area contributed by atoms with Gasteiger partial charge in [-0.2, -0.15) is 0 Å². The van der Waals surface area contributed by atoms with Crippen LogP contribution in [0.15, 0.2) is 30.3 Å². The molecule has 3 heteroatoms. The quantitative estimate of drug-likeness (QED) is 0.729. The van der Waals surface area contributed by atoms with Crippen LogP contribution in [0, 0.1) is 5.92 Å². The van der Waals surface area contributed by atoms with E-state index in [-0.39, 0.29) is 18.2 Å². The zero-order valence-electron chi connectivity index (χ0n) is 9.39. The molecule has 1 aliphatic rings. The number of ether oxygens (including phenoxy) is 2. The van der Waals surface area contributed by atoms with Crippen LogP contribution < -0.4 is 0 Å². The van der Waals surface area contributed by atoms with Crippen LogP contribution in [0.5, 0.6) is 0 Å². The highest BCUT2D eigenvalue weighted by molar-refractivity contribution is 5.71. The lowest BCUT2D eigenvalue weighted by Gasteiger charge is -2.16. The summed E-state index contributed by atoms with van der Waals surface area (Å²) in [7, 11) is 0. The Morgan fingerprint density at radius 3 is 2.81 bits per heavy atom. The van der Waals surface area contributed by atoms with Crippen molar-refractivity contribution in [2.45, 2.75) is 26.1 Å². The summed E-state index contributed by atoms with van der Waals surface area (Å²) in [6.07, 6.45) is 0.925. The molecule has 0 N–H and O–H groups in total. The van der Waals surface area contributed by atoms with E-state index in [1.807, 2.05) is 25.1 Å². The van der Waals surface area contributed by atoms with Gasteiger partial charge in [-0.25, -0.2) is 0 Å². The Kier molecular flexibility index (Phi) is 3.57. The first-order chi connectivity index (χ1) is 7.79. The fourth-order valence-electron chi connectivity index (χ4n) is 2.00. The van der Waals surface area contributed by atoms with Gasteiger partial charge in [0.15, 0.2) is 0 Å². The van der Waals surface area contributed by atoms with Gasteiger partial charge in [0, 0.05) is 12.5 Å². The molecule has 2 atom stereocenters. The fraction of sp³-hybridized carbons (Fsp3) is 0.462. The second kappa shape index (κ2) is 5.12. The Balaban J connectivity index is 2.00. The number of rotatable bonds is 4. The van der Waals surface area contributed by atoms with Crippen molar-refractivity contribution in [1.82, 2.24) is 0 Å². The monoisotopic (exact) mass is 220 g/mol. The maximum Gasteiger partial charge on any atom is 0.308 e. The van der Waals surface area contributed by atoms with Crippen molar-refractivity contribution >= 4 is 5.97 Å². The highest BCUT2D eigenvalue weighted by atomic mass is 16.7. The maximum atomic E-state index is 11.2. The molecule has 1 aromatic rings. The van der Waals surface area contributed by atoms with Gasteiger partial charge >= 0.3 is 5.97 Å². The third-order valence-corrected chi connectivity index (χ3v) is 2.73. The molecule has 0 saturated carbocycles. The van der Waals surface area contributed by atoms with E-state index in [9.17, 15) is 4.79 Å². The van der Waals surface area contributed by atoms with Crippen molar-refractivity contribution in [2.75, 3.05) is 6.61 Å². The predicted molar refractivity (Wildman–Crippen MR) is 59.8 cm³/mol. The zero-order chi connectivity index (χ0) is 11.4.